The summed E-state index contributed by atoms with van der Waals surface area (Å²) in [7, 11) is 0. The zero-order chi connectivity index (χ0) is 9.64. The quantitative estimate of drug-likeness (QED) is 0.773. The van der Waals surface area contributed by atoms with Gasteiger partial charge in [0, 0.05) is 10.6 Å². The van der Waals surface area contributed by atoms with Crippen LogP contribution in [0, 0.1) is 5.82 Å². The zero-order valence-electron chi connectivity index (χ0n) is 6.65. The molecule has 1 fully saturated rings. The molecule has 70 valence electrons. The Kier molecular flexibility index (Phi) is 2.13. The molecule has 0 radical (unpaired) electrons. The van der Waals surface area contributed by atoms with Gasteiger partial charge in [0.2, 0.25) is 0 Å². The minimum Gasteiger partial charge on any atom is -0.385 e. The molecule has 13 heavy (non-hydrogen) atoms. The molecule has 1 aliphatic carbocycles. The van der Waals surface area contributed by atoms with Crippen molar-refractivity contribution in [2.75, 3.05) is 0 Å². The van der Waals surface area contributed by atoms with Gasteiger partial charge < -0.3 is 5.11 Å². The number of aliphatic hydroxyl groups is 1. The summed E-state index contributed by atoms with van der Waals surface area (Å²) < 4.78 is 13.8. The van der Waals surface area contributed by atoms with Crippen LogP contribution >= 0.6 is 27.5 Å². The van der Waals surface area contributed by atoms with Crippen molar-refractivity contribution in [1.29, 1.82) is 0 Å². The Morgan fingerprint density at radius 1 is 1.46 bits per heavy atom. The number of hydrogen-bond acceptors (Lipinski definition) is 1. The molecule has 0 amide bonds. The molecule has 1 saturated carbocycles. The maximum Gasteiger partial charge on any atom is 0.144 e. The van der Waals surface area contributed by atoms with Crippen molar-refractivity contribution in [2.45, 2.75) is 18.4 Å². The molecule has 0 aliphatic heterocycles. The van der Waals surface area contributed by atoms with Gasteiger partial charge in [-0.2, -0.15) is 0 Å². The Balaban J connectivity index is 2.61. The van der Waals surface area contributed by atoms with Crippen LogP contribution in [0.4, 0.5) is 4.39 Å². The van der Waals surface area contributed by atoms with E-state index in [-0.39, 0.29) is 5.56 Å². The second kappa shape index (κ2) is 2.94. The largest absolute Gasteiger partial charge is 0.385 e. The van der Waals surface area contributed by atoms with Crippen molar-refractivity contribution in [3.05, 3.63) is 33.0 Å². The highest BCUT2D eigenvalue weighted by atomic mass is 79.9. The first kappa shape index (κ1) is 9.44. The normalized spacial score (nSPS) is 18.8. The van der Waals surface area contributed by atoms with Gasteiger partial charge in [0.1, 0.15) is 5.82 Å². The molecule has 0 unspecified atom stereocenters. The average molecular weight is 266 g/mol. The minimum absolute atomic E-state index is 0.226. The van der Waals surface area contributed by atoms with Crippen LogP contribution < -0.4 is 0 Å². The van der Waals surface area contributed by atoms with E-state index in [4.69, 9.17) is 11.6 Å². The molecule has 1 nitrogen and oxygen atoms in total. The van der Waals surface area contributed by atoms with E-state index in [1.54, 1.807) is 6.07 Å². The van der Waals surface area contributed by atoms with Crippen LogP contribution in [0.3, 0.4) is 0 Å². The summed E-state index contributed by atoms with van der Waals surface area (Å²) in [6.07, 6.45) is 1.17. The lowest BCUT2D eigenvalue weighted by atomic mass is 10.1. The maximum atomic E-state index is 13.5. The Morgan fingerprint density at radius 2 is 2.08 bits per heavy atom. The third-order valence-electron chi connectivity index (χ3n) is 2.23. The van der Waals surface area contributed by atoms with Crippen LogP contribution in [0.25, 0.3) is 0 Å². The third kappa shape index (κ3) is 1.49. The summed E-state index contributed by atoms with van der Waals surface area (Å²) in [6.45, 7) is 0. The molecule has 0 bridgehead atoms. The molecule has 0 heterocycles. The van der Waals surface area contributed by atoms with Crippen LogP contribution in [0.15, 0.2) is 16.6 Å². The van der Waals surface area contributed by atoms with Gasteiger partial charge in [-0.3, -0.25) is 0 Å². The van der Waals surface area contributed by atoms with Crippen molar-refractivity contribution >= 4 is 27.5 Å². The lowest BCUT2D eigenvalue weighted by Gasteiger charge is -2.12. The molecular weight excluding hydrogens is 258 g/mol. The first-order valence-electron chi connectivity index (χ1n) is 3.91. The van der Waals surface area contributed by atoms with E-state index in [1.807, 2.05) is 0 Å². The van der Waals surface area contributed by atoms with Crippen molar-refractivity contribution in [3.8, 4) is 0 Å². The van der Waals surface area contributed by atoms with E-state index in [1.165, 1.54) is 6.07 Å². The SMILES string of the molecule is OC1(c2c(Cl)ccc(Br)c2F)CC1. The van der Waals surface area contributed by atoms with Gasteiger partial charge in [-0.15, -0.1) is 0 Å². The minimum atomic E-state index is -1.02. The molecule has 1 aromatic rings. The van der Waals surface area contributed by atoms with Gasteiger partial charge in [0.15, 0.2) is 0 Å². The zero-order valence-corrected chi connectivity index (χ0v) is 8.99. The van der Waals surface area contributed by atoms with Crippen molar-refractivity contribution < 1.29 is 9.50 Å². The molecule has 4 heteroatoms. The van der Waals surface area contributed by atoms with Crippen LogP contribution in [0.1, 0.15) is 18.4 Å². The first-order valence-corrected chi connectivity index (χ1v) is 5.08. The Labute approximate surface area is 88.7 Å². The number of halogens is 3. The van der Waals surface area contributed by atoms with E-state index < -0.39 is 11.4 Å². The van der Waals surface area contributed by atoms with E-state index in [0.717, 1.165) is 0 Å². The standard InChI is InChI=1S/C9H7BrClFO/c10-5-1-2-6(11)7(8(5)12)9(13)3-4-9/h1-2,13H,3-4H2. The monoisotopic (exact) mass is 264 g/mol. The lowest BCUT2D eigenvalue weighted by molar-refractivity contribution is 0.146. The highest BCUT2D eigenvalue weighted by molar-refractivity contribution is 9.10. The highest BCUT2D eigenvalue weighted by Gasteiger charge is 2.46. The third-order valence-corrected chi connectivity index (χ3v) is 3.16. The van der Waals surface area contributed by atoms with Crippen molar-refractivity contribution in [3.63, 3.8) is 0 Å². The predicted molar refractivity (Wildman–Crippen MR) is 52.2 cm³/mol. The topological polar surface area (TPSA) is 20.2 Å². The van der Waals surface area contributed by atoms with E-state index in [9.17, 15) is 9.50 Å². The molecule has 1 N–H and O–H groups in total. The van der Waals surface area contributed by atoms with Crippen LogP contribution in [0.5, 0.6) is 0 Å². The van der Waals surface area contributed by atoms with Gasteiger partial charge in [0.25, 0.3) is 0 Å². The number of rotatable bonds is 1. The van der Waals surface area contributed by atoms with Crippen LogP contribution in [-0.2, 0) is 5.60 Å². The van der Waals surface area contributed by atoms with Gasteiger partial charge >= 0.3 is 0 Å². The average Bonchev–Trinajstić information content (AvgIpc) is 2.78. The molecule has 1 aliphatic rings. The van der Waals surface area contributed by atoms with Gasteiger partial charge in [-0.05, 0) is 40.9 Å². The van der Waals surface area contributed by atoms with Gasteiger partial charge in [0.05, 0.1) is 10.1 Å². The summed E-state index contributed by atoms with van der Waals surface area (Å²) >= 11 is 8.86. The van der Waals surface area contributed by atoms with E-state index in [2.05, 4.69) is 15.9 Å². The summed E-state index contributed by atoms with van der Waals surface area (Å²) in [4.78, 5) is 0. The highest BCUT2D eigenvalue weighted by Crippen LogP contribution is 2.49. The summed E-state index contributed by atoms with van der Waals surface area (Å²) in [5, 5.41) is 10.0. The van der Waals surface area contributed by atoms with Crippen molar-refractivity contribution in [1.82, 2.24) is 0 Å². The van der Waals surface area contributed by atoms with Crippen molar-refractivity contribution in [2.24, 2.45) is 0 Å². The number of benzene rings is 1. The summed E-state index contributed by atoms with van der Waals surface area (Å²) in [6, 6.07) is 3.12. The molecule has 0 atom stereocenters. The van der Waals surface area contributed by atoms with E-state index >= 15 is 0 Å². The molecule has 2 rings (SSSR count). The molecule has 0 aromatic heterocycles. The summed E-state index contributed by atoms with van der Waals surface area (Å²) in [5.74, 6) is -0.451. The fraction of sp³-hybridized carbons (Fsp3) is 0.333. The Morgan fingerprint density at radius 3 is 2.62 bits per heavy atom. The molecular formula is C9H7BrClFO. The van der Waals surface area contributed by atoms with E-state index in [0.29, 0.717) is 22.3 Å². The fourth-order valence-corrected chi connectivity index (χ4v) is 1.97. The predicted octanol–water partition coefficient (Wildman–Crippen LogP) is 3.22. The molecule has 1 aromatic carbocycles. The lowest BCUT2D eigenvalue weighted by Crippen LogP contribution is -2.08. The second-order valence-corrected chi connectivity index (χ2v) is 4.51. The van der Waals surface area contributed by atoms with Crippen LogP contribution in [0.2, 0.25) is 5.02 Å². The van der Waals surface area contributed by atoms with Gasteiger partial charge in [-0.25, -0.2) is 4.39 Å². The Hall–Kier alpha value is -0.120. The first-order chi connectivity index (χ1) is 6.04. The second-order valence-electron chi connectivity index (χ2n) is 3.25. The smallest absolute Gasteiger partial charge is 0.144 e. The van der Waals surface area contributed by atoms with Crippen LogP contribution in [-0.4, -0.2) is 5.11 Å². The maximum absolute atomic E-state index is 13.5. The molecule has 0 saturated heterocycles. The number of hydrogen-bond donors (Lipinski definition) is 1. The Bertz CT molecular complexity index is 363. The summed E-state index contributed by atoms with van der Waals surface area (Å²) in [5.41, 5.74) is -0.797. The van der Waals surface area contributed by atoms with Gasteiger partial charge in [-0.1, -0.05) is 11.6 Å². The molecule has 0 spiro atoms. The fourth-order valence-electron chi connectivity index (χ4n) is 1.32.